The summed E-state index contributed by atoms with van der Waals surface area (Å²) in [6, 6.07) is 0. The van der Waals surface area contributed by atoms with Gasteiger partial charge < -0.3 is 33.8 Å². The Balaban J connectivity index is 5.24. The highest BCUT2D eigenvalue weighted by Crippen LogP contribution is 2.45. The standard InChI is InChI=1S/C79H150O17P2/c1-6-9-12-15-18-21-24-26-31-35-39-43-48-53-58-63-77(82)90-69-75(96-79(84)65-60-55-50-45-40-36-33-30-28-27-29-32-34-37-41-46-51-56-61-72(4)5)71-94-98(87,88)92-67-73(80)66-91-97(85,86)93-70-74(68-89-76(81)62-57-52-47-42-23-20-17-14-11-8-3)95-78(83)64-59-54-49-44-38-25-22-19-16-13-10-7-2/h21,24,26,31,72-75,80H,6-20,22-23,25,27-30,32-71H2,1-5H3,(H,85,86)(H,87,88)/b24-21-,31-26-/t73-,74+,75+/m0/s1. The second-order valence-corrected chi connectivity index (χ2v) is 31.2. The van der Waals surface area contributed by atoms with Crippen molar-refractivity contribution in [3.8, 4) is 0 Å². The van der Waals surface area contributed by atoms with E-state index in [0.717, 1.165) is 115 Å². The maximum absolute atomic E-state index is 13.1. The summed E-state index contributed by atoms with van der Waals surface area (Å²) in [5.41, 5.74) is 0. The van der Waals surface area contributed by atoms with E-state index in [-0.39, 0.29) is 25.7 Å². The molecule has 0 aromatic carbocycles. The van der Waals surface area contributed by atoms with Crippen molar-refractivity contribution in [2.75, 3.05) is 39.6 Å². The van der Waals surface area contributed by atoms with Crippen LogP contribution >= 0.6 is 15.6 Å². The second-order valence-electron chi connectivity index (χ2n) is 28.2. The van der Waals surface area contributed by atoms with E-state index in [1.54, 1.807) is 0 Å². The topological polar surface area (TPSA) is 237 Å². The van der Waals surface area contributed by atoms with Crippen LogP contribution in [0.15, 0.2) is 24.3 Å². The van der Waals surface area contributed by atoms with Gasteiger partial charge in [0.15, 0.2) is 12.2 Å². The van der Waals surface area contributed by atoms with E-state index >= 15 is 0 Å². The van der Waals surface area contributed by atoms with Crippen LogP contribution in [0.4, 0.5) is 0 Å². The van der Waals surface area contributed by atoms with E-state index in [9.17, 15) is 43.2 Å². The van der Waals surface area contributed by atoms with Gasteiger partial charge in [-0.15, -0.1) is 0 Å². The summed E-state index contributed by atoms with van der Waals surface area (Å²) in [4.78, 5) is 72.8. The van der Waals surface area contributed by atoms with Gasteiger partial charge >= 0.3 is 39.5 Å². The number of hydrogen-bond acceptors (Lipinski definition) is 15. The third-order valence-electron chi connectivity index (χ3n) is 17.9. The quantitative estimate of drug-likeness (QED) is 0.0169. The number of unbranched alkanes of at least 4 members (excludes halogenated alkanes) is 46. The molecule has 0 aromatic rings. The van der Waals surface area contributed by atoms with Crippen LogP contribution in [0.3, 0.4) is 0 Å². The van der Waals surface area contributed by atoms with Gasteiger partial charge in [-0.2, -0.15) is 0 Å². The SMILES string of the molecule is CCCCCC/C=C\C=C/CCCCCCCC(=O)OC[C@H](COP(=O)(O)OC[C@@H](O)COP(=O)(O)OC[C@@H](COC(=O)CCCCCCCCCCCC)OC(=O)CCCCCCCCCCCCCC)OC(=O)CCCCCCCCCCCCCCCCCCCCC(C)C. The van der Waals surface area contributed by atoms with Crippen LogP contribution in [-0.2, 0) is 65.4 Å². The third kappa shape index (κ3) is 71.9. The molecular weight excluding hydrogens is 1280 g/mol. The summed E-state index contributed by atoms with van der Waals surface area (Å²) in [5.74, 6) is -1.32. The average molecular weight is 1430 g/mol. The number of rotatable bonds is 77. The van der Waals surface area contributed by atoms with Crippen LogP contribution in [0.5, 0.6) is 0 Å². The number of carbonyl (C=O) groups excluding carboxylic acids is 4. The molecule has 0 aliphatic rings. The fourth-order valence-electron chi connectivity index (χ4n) is 11.7. The number of allylic oxidation sites excluding steroid dienone is 4. The first-order chi connectivity index (χ1) is 47.5. The minimum absolute atomic E-state index is 0.102. The summed E-state index contributed by atoms with van der Waals surface area (Å²) < 4.78 is 68.5. The van der Waals surface area contributed by atoms with E-state index in [0.29, 0.717) is 25.7 Å². The van der Waals surface area contributed by atoms with Crippen molar-refractivity contribution in [3.63, 3.8) is 0 Å². The predicted molar refractivity (Wildman–Crippen MR) is 400 cm³/mol. The Kier molecular flexibility index (Phi) is 69.7. The Morgan fingerprint density at radius 2 is 0.551 bits per heavy atom. The minimum Gasteiger partial charge on any atom is -0.462 e. The van der Waals surface area contributed by atoms with E-state index in [4.69, 9.17) is 37.0 Å². The molecule has 0 heterocycles. The molecule has 0 rings (SSSR count). The molecule has 2 unspecified atom stereocenters. The Morgan fingerprint density at radius 1 is 0.316 bits per heavy atom. The van der Waals surface area contributed by atoms with E-state index in [2.05, 4.69) is 58.9 Å². The number of esters is 4. The Labute approximate surface area is 599 Å². The third-order valence-corrected chi connectivity index (χ3v) is 19.8. The van der Waals surface area contributed by atoms with Gasteiger partial charge in [-0.1, -0.05) is 341 Å². The molecule has 0 aliphatic carbocycles. The zero-order chi connectivity index (χ0) is 71.9. The lowest BCUT2D eigenvalue weighted by atomic mass is 10.0. The molecule has 0 spiro atoms. The molecule has 3 N–H and O–H groups in total. The molecule has 0 aliphatic heterocycles. The molecule has 578 valence electrons. The summed E-state index contributed by atoms with van der Waals surface area (Å²) in [6.45, 7) is 7.27. The van der Waals surface area contributed by atoms with E-state index in [1.165, 1.54) is 199 Å². The molecule has 0 saturated carbocycles. The number of ether oxygens (including phenoxy) is 4. The number of carbonyl (C=O) groups is 4. The van der Waals surface area contributed by atoms with Crippen LogP contribution < -0.4 is 0 Å². The fourth-order valence-corrected chi connectivity index (χ4v) is 13.3. The fraction of sp³-hybridized carbons (Fsp3) is 0.899. The molecule has 17 nitrogen and oxygen atoms in total. The maximum atomic E-state index is 13.1. The van der Waals surface area contributed by atoms with E-state index in [1.807, 2.05) is 0 Å². The highest BCUT2D eigenvalue weighted by Gasteiger charge is 2.30. The Bertz CT molecular complexity index is 1970. The summed E-state index contributed by atoms with van der Waals surface area (Å²) >= 11 is 0. The van der Waals surface area contributed by atoms with Crippen LogP contribution in [0.2, 0.25) is 0 Å². The number of phosphoric ester groups is 2. The van der Waals surface area contributed by atoms with Gasteiger partial charge in [0.25, 0.3) is 0 Å². The van der Waals surface area contributed by atoms with Crippen LogP contribution in [0.1, 0.15) is 394 Å². The number of aliphatic hydroxyl groups is 1. The van der Waals surface area contributed by atoms with Gasteiger partial charge in [-0.3, -0.25) is 37.3 Å². The van der Waals surface area contributed by atoms with Crippen LogP contribution in [0, 0.1) is 5.92 Å². The molecule has 0 amide bonds. The molecular formula is C79H150O17P2. The van der Waals surface area contributed by atoms with Gasteiger partial charge in [0.2, 0.25) is 0 Å². The lowest BCUT2D eigenvalue weighted by Crippen LogP contribution is -2.30. The number of phosphoric acid groups is 2. The largest absolute Gasteiger partial charge is 0.472 e. The Morgan fingerprint density at radius 3 is 0.837 bits per heavy atom. The minimum atomic E-state index is -4.97. The van der Waals surface area contributed by atoms with Crippen molar-refractivity contribution in [2.24, 2.45) is 5.92 Å². The number of hydrogen-bond donors (Lipinski definition) is 3. The lowest BCUT2D eigenvalue weighted by Gasteiger charge is -2.21. The maximum Gasteiger partial charge on any atom is 0.472 e. The summed E-state index contributed by atoms with van der Waals surface area (Å²) in [5, 5.41) is 10.6. The van der Waals surface area contributed by atoms with Crippen molar-refractivity contribution >= 4 is 39.5 Å². The van der Waals surface area contributed by atoms with Gasteiger partial charge in [0.1, 0.15) is 19.3 Å². The first-order valence-corrected chi connectivity index (χ1v) is 43.4. The molecule has 0 fully saturated rings. The summed E-state index contributed by atoms with van der Waals surface area (Å²) in [7, 11) is -9.92. The molecule has 0 radical (unpaired) electrons. The predicted octanol–water partition coefficient (Wildman–Crippen LogP) is 23.2. The van der Waals surface area contributed by atoms with Crippen LogP contribution in [-0.4, -0.2) is 96.7 Å². The zero-order valence-electron chi connectivity index (χ0n) is 63.4. The first-order valence-electron chi connectivity index (χ1n) is 40.5. The van der Waals surface area contributed by atoms with E-state index < -0.39 is 97.5 Å². The first kappa shape index (κ1) is 95.5. The second kappa shape index (κ2) is 71.5. The van der Waals surface area contributed by atoms with Gasteiger partial charge in [-0.05, 0) is 57.3 Å². The van der Waals surface area contributed by atoms with Crippen molar-refractivity contribution in [3.05, 3.63) is 24.3 Å². The zero-order valence-corrected chi connectivity index (χ0v) is 65.2. The molecule has 0 saturated heterocycles. The average Bonchev–Trinajstić information content (AvgIpc) is 1.05. The molecule has 0 bridgehead atoms. The smallest absolute Gasteiger partial charge is 0.462 e. The van der Waals surface area contributed by atoms with Crippen molar-refractivity contribution in [1.29, 1.82) is 0 Å². The van der Waals surface area contributed by atoms with Gasteiger partial charge in [0, 0.05) is 25.7 Å². The molecule has 5 atom stereocenters. The van der Waals surface area contributed by atoms with Crippen molar-refractivity contribution < 1.29 is 80.2 Å². The lowest BCUT2D eigenvalue weighted by molar-refractivity contribution is -0.161. The van der Waals surface area contributed by atoms with Crippen LogP contribution in [0.25, 0.3) is 0 Å². The summed E-state index contributed by atoms with van der Waals surface area (Å²) in [6.07, 6.45) is 64.6. The van der Waals surface area contributed by atoms with Gasteiger partial charge in [0.05, 0.1) is 26.4 Å². The molecule has 0 aromatic heterocycles. The monoisotopic (exact) mass is 1430 g/mol. The van der Waals surface area contributed by atoms with Gasteiger partial charge in [-0.25, -0.2) is 9.13 Å². The highest BCUT2D eigenvalue weighted by atomic mass is 31.2. The van der Waals surface area contributed by atoms with Crippen molar-refractivity contribution in [1.82, 2.24) is 0 Å². The highest BCUT2D eigenvalue weighted by molar-refractivity contribution is 7.47. The molecule has 98 heavy (non-hydrogen) atoms. The normalized spacial score (nSPS) is 14.1. The molecule has 19 heteroatoms. The number of aliphatic hydroxyl groups excluding tert-OH is 1. The van der Waals surface area contributed by atoms with Crippen molar-refractivity contribution in [2.45, 2.75) is 412 Å². The Hall–Kier alpha value is -2.46.